The van der Waals surface area contributed by atoms with E-state index in [9.17, 15) is 0 Å². The molecule has 1 aliphatic heterocycles. The Morgan fingerprint density at radius 2 is 2.14 bits per heavy atom. The Morgan fingerprint density at radius 1 is 1.21 bits per heavy atom. The third-order valence-electron chi connectivity index (χ3n) is 5.63. The van der Waals surface area contributed by atoms with Crippen molar-refractivity contribution in [2.75, 3.05) is 5.73 Å². The Kier molecular flexibility index (Phi) is 4.44. The Balaban J connectivity index is 1.26. The van der Waals surface area contributed by atoms with E-state index in [1.54, 1.807) is 6.33 Å². The second-order valence-electron chi connectivity index (χ2n) is 7.49. The van der Waals surface area contributed by atoms with E-state index in [0.717, 1.165) is 47.6 Å². The van der Waals surface area contributed by atoms with Gasteiger partial charge in [-0.15, -0.1) is 0 Å². The molecule has 146 valence electrons. The molecule has 3 N–H and O–H groups in total. The number of hydrogen-bond donors (Lipinski definition) is 2. The highest BCUT2D eigenvalue weighted by Crippen LogP contribution is 2.33. The fourth-order valence-corrected chi connectivity index (χ4v) is 4.08. The highest BCUT2D eigenvalue weighted by atomic mass is 16.5. The van der Waals surface area contributed by atoms with Crippen LogP contribution in [0.5, 0.6) is 0 Å². The summed E-state index contributed by atoms with van der Waals surface area (Å²) in [5, 5.41) is 9.44. The van der Waals surface area contributed by atoms with Crippen LogP contribution in [-0.2, 0) is 11.2 Å². The van der Waals surface area contributed by atoms with E-state index in [0.29, 0.717) is 11.4 Å². The van der Waals surface area contributed by atoms with Crippen LogP contribution < -0.4 is 5.73 Å². The summed E-state index contributed by atoms with van der Waals surface area (Å²) < 4.78 is 8.43. The fourth-order valence-electron chi connectivity index (χ4n) is 4.08. The molecule has 5 rings (SSSR count). The number of ether oxygens (including phenoxy) is 1. The van der Waals surface area contributed by atoms with Gasteiger partial charge in [0.05, 0.1) is 11.6 Å². The van der Waals surface area contributed by atoms with Crippen molar-refractivity contribution in [1.29, 1.82) is 5.41 Å². The number of fused-ring (bicyclic) bond motifs is 2. The van der Waals surface area contributed by atoms with Crippen molar-refractivity contribution in [3.63, 3.8) is 0 Å². The van der Waals surface area contributed by atoms with E-state index < -0.39 is 0 Å². The summed E-state index contributed by atoms with van der Waals surface area (Å²) >= 11 is 0. The number of nitrogen functional groups attached to an aromatic ring is 1. The highest BCUT2D eigenvalue weighted by Gasteiger charge is 2.27. The molecule has 7 heteroatoms. The van der Waals surface area contributed by atoms with Gasteiger partial charge < -0.3 is 20.4 Å². The maximum atomic E-state index is 7.41. The van der Waals surface area contributed by atoms with Gasteiger partial charge in [-0.05, 0) is 49.4 Å². The van der Waals surface area contributed by atoms with Gasteiger partial charge in [0.2, 0.25) is 0 Å². The number of nitrogens with zero attached hydrogens (tertiary/aromatic N) is 4. The standard InChI is InChI=1S/C22H22N6O/c23-11-17-10-15-3-1-14(9-19(15)27-21(17)24)2-4-18-5-6-20(29-18)28-8-7-16-12-25-13-26-22(16)28/h1,3,7-13,18,20,23H,2,4-6H2,(H2,24,27). The van der Waals surface area contributed by atoms with E-state index in [2.05, 4.69) is 31.7 Å². The van der Waals surface area contributed by atoms with E-state index >= 15 is 0 Å². The van der Waals surface area contributed by atoms with Crippen LogP contribution in [0.4, 0.5) is 5.82 Å². The summed E-state index contributed by atoms with van der Waals surface area (Å²) in [6.45, 7) is 0. The van der Waals surface area contributed by atoms with Crippen molar-refractivity contribution in [3.8, 4) is 0 Å². The normalized spacial score (nSPS) is 19.2. The molecule has 0 aliphatic carbocycles. The van der Waals surface area contributed by atoms with Crippen molar-refractivity contribution >= 4 is 34.0 Å². The fraction of sp³-hybridized carbons (Fsp3) is 0.273. The van der Waals surface area contributed by atoms with Crippen molar-refractivity contribution in [1.82, 2.24) is 19.5 Å². The van der Waals surface area contributed by atoms with Crippen LogP contribution in [0, 0.1) is 5.41 Å². The predicted octanol–water partition coefficient (Wildman–Crippen LogP) is 3.87. The van der Waals surface area contributed by atoms with Crippen LogP contribution in [0.2, 0.25) is 0 Å². The van der Waals surface area contributed by atoms with Crippen molar-refractivity contribution < 1.29 is 4.74 Å². The molecule has 0 amide bonds. The van der Waals surface area contributed by atoms with Crippen molar-refractivity contribution in [2.24, 2.45) is 0 Å². The predicted molar refractivity (Wildman–Crippen MR) is 113 cm³/mol. The number of nitrogens with one attached hydrogen (secondary N) is 1. The van der Waals surface area contributed by atoms with Crippen LogP contribution >= 0.6 is 0 Å². The zero-order chi connectivity index (χ0) is 19.8. The molecule has 1 aliphatic rings. The maximum absolute atomic E-state index is 7.41. The monoisotopic (exact) mass is 386 g/mol. The molecule has 2 unspecified atom stereocenters. The molecule has 0 spiro atoms. The largest absolute Gasteiger partial charge is 0.383 e. The zero-order valence-corrected chi connectivity index (χ0v) is 16.0. The summed E-state index contributed by atoms with van der Waals surface area (Å²) in [6.07, 6.45) is 10.9. The zero-order valence-electron chi connectivity index (χ0n) is 16.0. The first-order chi connectivity index (χ1) is 14.2. The van der Waals surface area contributed by atoms with Gasteiger partial charge in [0, 0.05) is 34.9 Å². The van der Waals surface area contributed by atoms with E-state index in [-0.39, 0.29) is 12.3 Å². The number of nitrogens with two attached hydrogens (primary N) is 1. The molecule has 1 saturated heterocycles. The summed E-state index contributed by atoms with van der Waals surface area (Å²) in [7, 11) is 0. The highest BCUT2D eigenvalue weighted by molar-refractivity contribution is 5.92. The second-order valence-corrected chi connectivity index (χ2v) is 7.49. The molecule has 0 bridgehead atoms. The summed E-state index contributed by atoms with van der Waals surface area (Å²) in [6, 6.07) is 10.2. The van der Waals surface area contributed by atoms with Gasteiger partial charge in [0.25, 0.3) is 0 Å². The van der Waals surface area contributed by atoms with Crippen LogP contribution in [0.1, 0.15) is 36.6 Å². The van der Waals surface area contributed by atoms with Crippen molar-refractivity contribution in [2.45, 2.75) is 38.0 Å². The van der Waals surface area contributed by atoms with E-state index in [1.165, 1.54) is 11.8 Å². The van der Waals surface area contributed by atoms with Crippen molar-refractivity contribution in [3.05, 3.63) is 60.2 Å². The SMILES string of the molecule is N=Cc1cc2ccc(CCC3CCC(n4ccc5cncnc54)O3)cc2nc1N. The minimum Gasteiger partial charge on any atom is -0.383 e. The number of benzene rings is 1. The first kappa shape index (κ1) is 17.8. The van der Waals surface area contributed by atoms with Crippen LogP contribution in [0.25, 0.3) is 21.9 Å². The molecule has 29 heavy (non-hydrogen) atoms. The summed E-state index contributed by atoms with van der Waals surface area (Å²) in [4.78, 5) is 12.9. The molecule has 0 saturated carbocycles. The van der Waals surface area contributed by atoms with Crippen LogP contribution in [0.3, 0.4) is 0 Å². The quantitative estimate of drug-likeness (QED) is 0.507. The number of anilines is 1. The molecule has 4 aromatic rings. The molecule has 7 nitrogen and oxygen atoms in total. The lowest BCUT2D eigenvalue weighted by molar-refractivity contribution is 0.00120. The van der Waals surface area contributed by atoms with Gasteiger partial charge in [-0.3, -0.25) is 0 Å². The lowest BCUT2D eigenvalue weighted by Gasteiger charge is -2.16. The minimum absolute atomic E-state index is 0.0324. The Hall–Kier alpha value is -3.32. The Morgan fingerprint density at radius 3 is 3.03 bits per heavy atom. The summed E-state index contributed by atoms with van der Waals surface area (Å²) in [5.41, 5.74) is 9.59. The Labute approximate surface area is 168 Å². The maximum Gasteiger partial charge on any atom is 0.145 e. The Bertz CT molecular complexity index is 1200. The average molecular weight is 386 g/mol. The number of pyridine rings is 1. The summed E-state index contributed by atoms with van der Waals surface area (Å²) in [5.74, 6) is 0.398. The third-order valence-corrected chi connectivity index (χ3v) is 5.63. The topological polar surface area (TPSA) is 103 Å². The smallest absolute Gasteiger partial charge is 0.145 e. The third kappa shape index (κ3) is 3.34. The molecular formula is C22H22N6O. The van der Waals surface area contributed by atoms with E-state index in [1.807, 2.05) is 30.6 Å². The second kappa shape index (κ2) is 7.25. The molecular weight excluding hydrogens is 364 g/mol. The number of rotatable bonds is 5. The lowest BCUT2D eigenvalue weighted by Crippen LogP contribution is -2.12. The van der Waals surface area contributed by atoms with Gasteiger partial charge >= 0.3 is 0 Å². The molecule has 0 radical (unpaired) electrons. The first-order valence-electron chi connectivity index (χ1n) is 9.83. The van der Waals surface area contributed by atoms with Crippen LogP contribution in [0.15, 0.2) is 49.1 Å². The van der Waals surface area contributed by atoms with Gasteiger partial charge in [-0.25, -0.2) is 15.0 Å². The lowest BCUT2D eigenvalue weighted by atomic mass is 10.0. The van der Waals surface area contributed by atoms with Crippen LogP contribution in [-0.4, -0.2) is 31.8 Å². The molecule has 4 heterocycles. The first-order valence-corrected chi connectivity index (χ1v) is 9.83. The molecule has 1 aromatic carbocycles. The minimum atomic E-state index is 0.0324. The number of hydrogen-bond acceptors (Lipinski definition) is 6. The molecule has 1 fully saturated rings. The van der Waals surface area contributed by atoms with Gasteiger partial charge in [0.15, 0.2) is 0 Å². The number of aryl methyl sites for hydroxylation is 1. The van der Waals surface area contributed by atoms with Gasteiger partial charge in [0.1, 0.15) is 24.0 Å². The van der Waals surface area contributed by atoms with Gasteiger partial charge in [-0.2, -0.15) is 0 Å². The van der Waals surface area contributed by atoms with E-state index in [4.69, 9.17) is 15.9 Å². The molecule has 3 aromatic heterocycles. The average Bonchev–Trinajstić information content (AvgIpc) is 3.38. The van der Waals surface area contributed by atoms with Gasteiger partial charge in [-0.1, -0.05) is 12.1 Å². The number of aromatic nitrogens is 4. The molecule has 2 atom stereocenters.